The molecule has 2 saturated heterocycles. The zero-order chi connectivity index (χ0) is 13.7. The van der Waals surface area contributed by atoms with Gasteiger partial charge in [-0.25, -0.2) is 0 Å². The third-order valence-corrected chi connectivity index (χ3v) is 3.90. The van der Waals surface area contributed by atoms with Crippen molar-refractivity contribution in [3.8, 4) is 0 Å². The van der Waals surface area contributed by atoms with Gasteiger partial charge in [-0.2, -0.15) is 0 Å². The van der Waals surface area contributed by atoms with E-state index in [2.05, 4.69) is 6.58 Å². The molecule has 4 heteroatoms. The molecule has 0 amide bonds. The number of carbonyl (C=O) groups excluding carboxylic acids is 1. The van der Waals surface area contributed by atoms with Crippen LogP contribution in [0.3, 0.4) is 0 Å². The molecule has 3 atom stereocenters. The average Bonchev–Trinajstić information content (AvgIpc) is 2.94. The molecule has 2 aliphatic heterocycles. The topological polar surface area (TPSA) is 44.8 Å². The van der Waals surface area contributed by atoms with Gasteiger partial charge in [-0.3, -0.25) is 4.79 Å². The van der Waals surface area contributed by atoms with Gasteiger partial charge in [-0.05, 0) is 44.1 Å². The molecule has 108 valence electrons. The van der Waals surface area contributed by atoms with Crippen LogP contribution in [0.5, 0.6) is 0 Å². The number of ether oxygens (including phenoxy) is 3. The van der Waals surface area contributed by atoms with Crippen LogP contribution in [0.4, 0.5) is 0 Å². The Morgan fingerprint density at radius 1 is 1.32 bits per heavy atom. The van der Waals surface area contributed by atoms with Crippen LogP contribution in [-0.2, 0) is 19.0 Å². The number of esters is 1. The highest BCUT2D eigenvalue weighted by Gasteiger charge is 2.30. The first-order valence-electron chi connectivity index (χ1n) is 7.20. The Morgan fingerprint density at radius 3 is 2.84 bits per heavy atom. The summed E-state index contributed by atoms with van der Waals surface area (Å²) in [7, 11) is 1.72. The van der Waals surface area contributed by atoms with Gasteiger partial charge in [0.1, 0.15) is 6.10 Å². The molecule has 4 nitrogen and oxygen atoms in total. The Kier molecular flexibility index (Phi) is 5.40. The lowest BCUT2D eigenvalue weighted by Gasteiger charge is -2.15. The van der Waals surface area contributed by atoms with Crippen molar-refractivity contribution in [3.05, 3.63) is 12.2 Å². The minimum absolute atomic E-state index is 0.0615. The van der Waals surface area contributed by atoms with Gasteiger partial charge < -0.3 is 14.2 Å². The van der Waals surface area contributed by atoms with E-state index in [0.717, 1.165) is 45.1 Å². The summed E-state index contributed by atoms with van der Waals surface area (Å²) in [5.41, 5.74) is 1.19. The van der Waals surface area contributed by atoms with Crippen LogP contribution in [0, 0.1) is 0 Å². The van der Waals surface area contributed by atoms with E-state index in [9.17, 15) is 4.79 Å². The van der Waals surface area contributed by atoms with Crippen LogP contribution in [-0.4, -0.2) is 38.0 Å². The van der Waals surface area contributed by atoms with Crippen molar-refractivity contribution in [2.24, 2.45) is 0 Å². The van der Waals surface area contributed by atoms with Crippen molar-refractivity contribution in [3.63, 3.8) is 0 Å². The largest absolute Gasteiger partial charge is 0.462 e. The summed E-state index contributed by atoms with van der Waals surface area (Å²) in [6.45, 7) is 4.90. The van der Waals surface area contributed by atoms with Crippen molar-refractivity contribution in [2.45, 2.75) is 63.3 Å². The van der Waals surface area contributed by atoms with E-state index in [0.29, 0.717) is 12.5 Å². The van der Waals surface area contributed by atoms with E-state index in [4.69, 9.17) is 14.2 Å². The van der Waals surface area contributed by atoms with Crippen LogP contribution < -0.4 is 0 Å². The number of hydrogen-bond donors (Lipinski definition) is 0. The Bertz CT molecular complexity index is 326. The van der Waals surface area contributed by atoms with E-state index in [1.54, 1.807) is 7.11 Å². The van der Waals surface area contributed by atoms with Gasteiger partial charge in [-0.15, -0.1) is 0 Å². The fourth-order valence-electron chi connectivity index (χ4n) is 2.82. The van der Waals surface area contributed by atoms with Crippen molar-refractivity contribution in [1.82, 2.24) is 0 Å². The van der Waals surface area contributed by atoms with Gasteiger partial charge in [-0.1, -0.05) is 6.58 Å². The zero-order valence-electron chi connectivity index (χ0n) is 11.7. The zero-order valence-corrected chi connectivity index (χ0v) is 11.7. The third-order valence-electron chi connectivity index (χ3n) is 3.90. The molecule has 19 heavy (non-hydrogen) atoms. The maximum Gasteiger partial charge on any atom is 0.306 e. The minimum atomic E-state index is -0.0615. The monoisotopic (exact) mass is 268 g/mol. The molecule has 0 aromatic carbocycles. The highest BCUT2D eigenvalue weighted by Crippen LogP contribution is 2.31. The minimum Gasteiger partial charge on any atom is -0.462 e. The molecule has 2 rings (SSSR count). The normalized spacial score (nSPS) is 30.9. The summed E-state index contributed by atoms with van der Waals surface area (Å²) in [5.74, 6) is -0.0615. The molecule has 0 spiro atoms. The van der Waals surface area contributed by atoms with Gasteiger partial charge >= 0.3 is 5.97 Å². The number of carbonyl (C=O) groups is 1. The van der Waals surface area contributed by atoms with E-state index >= 15 is 0 Å². The fraction of sp³-hybridized carbons (Fsp3) is 0.800. The summed E-state index contributed by atoms with van der Waals surface area (Å²) in [6.07, 6.45) is 6.77. The molecule has 2 unspecified atom stereocenters. The molecular weight excluding hydrogens is 244 g/mol. The lowest BCUT2D eigenvalue weighted by atomic mass is 10.0. The van der Waals surface area contributed by atoms with Crippen LogP contribution in [0.25, 0.3) is 0 Å². The summed E-state index contributed by atoms with van der Waals surface area (Å²) in [6, 6.07) is 0. The van der Waals surface area contributed by atoms with Gasteiger partial charge in [0.05, 0.1) is 12.2 Å². The predicted octanol–water partition coefficient (Wildman–Crippen LogP) is 2.61. The summed E-state index contributed by atoms with van der Waals surface area (Å²) < 4.78 is 16.3. The average molecular weight is 268 g/mol. The predicted molar refractivity (Wildman–Crippen MR) is 71.9 cm³/mol. The van der Waals surface area contributed by atoms with Gasteiger partial charge in [0.15, 0.2) is 0 Å². The number of cyclic esters (lactones) is 1. The molecular formula is C15H24O4. The first kappa shape index (κ1) is 14.5. The Morgan fingerprint density at radius 2 is 2.16 bits per heavy atom. The van der Waals surface area contributed by atoms with Gasteiger partial charge in [0.2, 0.25) is 0 Å². The number of rotatable bonds is 7. The maximum atomic E-state index is 11.0. The number of methoxy groups -OCH3 is 1. The van der Waals surface area contributed by atoms with Crippen LogP contribution in [0.1, 0.15) is 44.9 Å². The van der Waals surface area contributed by atoms with Crippen molar-refractivity contribution in [1.29, 1.82) is 0 Å². The quantitative estimate of drug-likeness (QED) is 0.404. The highest BCUT2D eigenvalue weighted by atomic mass is 16.5. The molecule has 0 aromatic rings. The second-order valence-electron chi connectivity index (χ2n) is 5.47. The maximum absolute atomic E-state index is 11.0. The van der Waals surface area contributed by atoms with Gasteiger partial charge in [0, 0.05) is 20.1 Å². The Balaban J connectivity index is 1.66. The third kappa shape index (κ3) is 4.32. The molecule has 0 radical (unpaired) electrons. The summed E-state index contributed by atoms with van der Waals surface area (Å²) in [5, 5.41) is 0. The molecule has 0 N–H and O–H groups in total. The standard InChI is InChI=1S/C15H24O4/c1-11-10-13(4-3-9-17-2)18-14(11)7-5-12-6-8-15(16)19-12/h12-14H,1,3-10H2,2H3/t12?,13?,14-/m0/s1. The molecule has 0 saturated carbocycles. The summed E-state index contributed by atoms with van der Waals surface area (Å²) >= 11 is 0. The first-order chi connectivity index (χ1) is 9.19. The molecule has 0 aliphatic carbocycles. The smallest absolute Gasteiger partial charge is 0.306 e. The van der Waals surface area contributed by atoms with Crippen molar-refractivity contribution in [2.75, 3.05) is 13.7 Å². The van der Waals surface area contributed by atoms with Crippen molar-refractivity contribution < 1.29 is 19.0 Å². The SMILES string of the molecule is C=C1CC(CCCOC)O[C@H]1CCC1CCC(=O)O1. The summed E-state index contributed by atoms with van der Waals surface area (Å²) in [4.78, 5) is 11.0. The van der Waals surface area contributed by atoms with Crippen LogP contribution >= 0.6 is 0 Å². The first-order valence-corrected chi connectivity index (χ1v) is 7.20. The molecule has 2 aliphatic rings. The van der Waals surface area contributed by atoms with Gasteiger partial charge in [0.25, 0.3) is 0 Å². The molecule has 2 fully saturated rings. The second-order valence-corrected chi connectivity index (χ2v) is 5.47. The number of hydrogen-bond acceptors (Lipinski definition) is 4. The van der Waals surface area contributed by atoms with E-state index < -0.39 is 0 Å². The highest BCUT2D eigenvalue weighted by molar-refractivity contribution is 5.71. The molecule has 0 aromatic heterocycles. The lowest BCUT2D eigenvalue weighted by molar-refractivity contribution is -0.141. The van der Waals surface area contributed by atoms with E-state index in [-0.39, 0.29) is 18.2 Å². The van der Waals surface area contributed by atoms with Crippen LogP contribution in [0.15, 0.2) is 12.2 Å². The molecule has 0 bridgehead atoms. The van der Waals surface area contributed by atoms with Crippen molar-refractivity contribution >= 4 is 5.97 Å². The fourth-order valence-corrected chi connectivity index (χ4v) is 2.82. The Labute approximate surface area is 115 Å². The Hall–Kier alpha value is -0.870. The van der Waals surface area contributed by atoms with E-state index in [1.165, 1.54) is 5.57 Å². The van der Waals surface area contributed by atoms with Crippen LogP contribution in [0.2, 0.25) is 0 Å². The lowest BCUT2D eigenvalue weighted by Crippen LogP contribution is -2.15. The molecule has 2 heterocycles. The second kappa shape index (κ2) is 7.06. The van der Waals surface area contributed by atoms with E-state index in [1.807, 2.05) is 0 Å².